The summed E-state index contributed by atoms with van der Waals surface area (Å²) in [5.74, 6) is -1.87. The molecule has 0 saturated heterocycles. The lowest BCUT2D eigenvalue weighted by molar-refractivity contribution is 0.0689. The second-order valence-electron chi connectivity index (χ2n) is 6.22. The van der Waals surface area contributed by atoms with Gasteiger partial charge < -0.3 is 9.84 Å². The van der Waals surface area contributed by atoms with Crippen LogP contribution in [0.3, 0.4) is 0 Å². The number of hydrogen-bond donors (Lipinski definition) is 1. The first-order chi connectivity index (χ1) is 13.3. The predicted octanol–water partition coefficient (Wildman–Crippen LogP) is 4.73. The maximum Gasteiger partial charge on any atom is 0.356 e. The summed E-state index contributed by atoms with van der Waals surface area (Å²) in [5.41, 5.74) is 1.72. The quantitative estimate of drug-likeness (QED) is 0.576. The highest BCUT2D eigenvalue weighted by atomic mass is 35.5. The smallest absolute Gasteiger partial charge is 0.356 e. The highest BCUT2D eigenvalue weighted by molar-refractivity contribution is 6.20. The number of carboxylic acids is 1. The summed E-state index contributed by atoms with van der Waals surface area (Å²) in [6.07, 6.45) is 0. The van der Waals surface area contributed by atoms with Crippen LogP contribution in [0.1, 0.15) is 32.7 Å². The van der Waals surface area contributed by atoms with E-state index in [1.54, 1.807) is 35.9 Å². The fourth-order valence-electron chi connectivity index (χ4n) is 2.63. The fourth-order valence-corrected chi connectivity index (χ4v) is 2.91. The number of rotatable bonds is 7. The van der Waals surface area contributed by atoms with Gasteiger partial charge in [0.1, 0.15) is 24.0 Å². The normalized spacial score (nSPS) is 12.0. The molecule has 1 N–H and O–H groups in total. The molecule has 0 radical (unpaired) electrons. The second-order valence-corrected chi connectivity index (χ2v) is 6.75. The van der Waals surface area contributed by atoms with Gasteiger partial charge in [-0.2, -0.15) is 5.10 Å². The zero-order valence-electron chi connectivity index (χ0n) is 14.9. The summed E-state index contributed by atoms with van der Waals surface area (Å²) in [6, 6.07) is 11.7. The van der Waals surface area contributed by atoms with Crippen LogP contribution in [0, 0.1) is 18.6 Å². The van der Waals surface area contributed by atoms with E-state index in [-0.39, 0.29) is 17.9 Å². The van der Waals surface area contributed by atoms with Crippen molar-refractivity contribution in [2.24, 2.45) is 0 Å². The zero-order chi connectivity index (χ0) is 20.3. The van der Waals surface area contributed by atoms with E-state index in [0.29, 0.717) is 18.0 Å². The van der Waals surface area contributed by atoms with Gasteiger partial charge in [0.25, 0.3) is 0 Å². The van der Waals surface area contributed by atoms with Crippen LogP contribution in [-0.2, 0) is 13.2 Å². The molecule has 3 aromatic rings. The molecule has 1 unspecified atom stereocenters. The van der Waals surface area contributed by atoms with Crippen LogP contribution < -0.4 is 4.74 Å². The van der Waals surface area contributed by atoms with E-state index < -0.39 is 23.0 Å². The molecule has 5 nitrogen and oxygen atoms in total. The Labute approximate surface area is 165 Å². The molecule has 0 bridgehead atoms. The SMILES string of the molecule is Cc1cc(C(=O)O)nn1CC(Cl)c1ccc(OCc2ccc(F)cc2F)cc1. The molecule has 1 atom stereocenters. The van der Waals surface area contributed by atoms with E-state index in [0.717, 1.165) is 11.6 Å². The Balaban J connectivity index is 1.62. The van der Waals surface area contributed by atoms with Crippen molar-refractivity contribution in [3.63, 3.8) is 0 Å². The fraction of sp³-hybridized carbons (Fsp3) is 0.200. The average molecular weight is 407 g/mol. The number of aromatic nitrogens is 2. The van der Waals surface area contributed by atoms with Crippen molar-refractivity contribution in [3.8, 4) is 5.75 Å². The molecule has 28 heavy (non-hydrogen) atoms. The van der Waals surface area contributed by atoms with E-state index in [1.165, 1.54) is 18.2 Å². The Bertz CT molecular complexity index is 990. The van der Waals surface area contributed by atoms with Gasteiger partial charge >= 0.3 is 5.97 Å². The third kappa shape index (κ3) is 4.67. The number of carboxylic acid groups (broad SMARTS) is 1. The molecular weight excluding hydrogens is 390 g/mol. The Morgan fingerprint density at radius 2 is 1.93 bits per heavy atom. The number of hydrogen-bond acceptors (Lipinski definition) is 3. The van der Waals surface area contributed by atoms with E-state index >= 15 is 0 Å². The Morgan fingerprint density at radius 3 is 2.54 bits per heavy atom. The third-order valence-electron chi connectivity index (χ3n) is 4.18. The minimum Gasteiger partial charge on any atom is -0.489 e. The van der Waals surface area contributed by atoms with E-state index in [2.05, 4.69) is 5.10 Å². The van der Waals surface area contributed by atoms with Crippen LogP contribution in [0.5, 0.6) is 5.75 Å². The summed E-state index contributed by atoms with van der Waals surface area (Å²) >= 11 is 6.43. The Kier molecular flexibility index (Phi) is 5.94. The Morgan fingerprint density at radius 1 is 1.21 bits per heavy atom. The van der Waals surface area contributed by atoms with Gasteiger partial charge in [-0.3, -0.25) is 4.68 Å². The van der Waals surface area contributed by atoms with Crippen molar-refractivity contribution in [2.75, 3.05) is 0 Å². The molecule has 0 amide bonds. The number of alkyl halides is 1. The van der Waals surface area contributed by atoms with Crippen LogP contribution in [0.2, 0.25) is 0 Å². The standard InChI is InChI=1S/C20H17ClF2N2O3/c1-12-8-19(20(26)27)24-25(12)10-17(21)13-3-6-16(7-4-13)28-11-14-2-5-15(22)9-18(14)23/h2-9,17H,10-11H2,1H3,(H,26,27). The maximum absolute atomic E-state index is 13.6. The van der Waals surface area contributed by atoms with Crippen molar-refractivity contribution >= 4 is 17.6 Å². The maximum atomic E-state index is 13.6. The van der Waals surface area contributed by atoms with E-state index in [4.69, 9.17) is 21.4 Å². The van der Waals surface area contributed by atoms with Crippen molar-refractivity contribution in [1.29, 1.82) is 0 Å². The van der Waals surface area contributed by atoms with Gasteiger partial charge in [-0.05, 0) is 42.8 Å². The summed E-state index contributed by atoms with van der Waals surface area (Å²) in [6.45, 7) is 2.04. The monoisotopic (exact) mass is 406 g/mol. The lowest BCUT2D eigenvalue weighted by Gasteiger charge is -2.13. The Hall–Kier alpha value is -2.93. The van der Waals surface area contributed by atoms with Gasteiger partial charge in [-0.25, -0.2) is 13.6 Å². The first kappa shape index (κ1) is 19.8. The largest absolute Gasteiger partial charge is 0.489 e. The van der Waals surface area contributed by atoms with Crippen molar-refractivity contribution in [2.45, 2.75) is 25.5 Å². The van der Waals surface area contributed by atoms with Gasteiger partial charge in [-0.1, -0.05) is 12.1 Å². The molecule has 0 spiro atoms. The molecular formula is C20H17ClF2N2O3. The van der Waals surface area contributed by atoms with Crippen molar-refractivity contribution in [1.82, 2.24) is 9.78 Å². The summed E-state index contributed by atoms with van der Waals surface area (Å²) in [5, 5.41) is 12.6. The number of aromatic carboxylic acids is 1. The molecule has 1 aromatic heterocycles. The highest BCUT2D eigenvalue weighted by Gasteiger charge is 2.15. The average Bonchev–Trinajstić information content (AvgIpc) is 3.02. The lowest BCUT2D eigenvalue weighted by Crippen LogP contribution is -2.09. The summed E-state index contributed by atoms with van der Waals surface area (Å²) in [4.78, 5) is 11.0. The minimum atomic E-state index is -1.09. The topological polar surface area (TPSA) is 64.3 Å². The molecule has 0 aliphatic rings. The molecule has 146 valence electrons. The molecule has 2 aromatic carbocycles. The van der Waals surface area contributed by atoms with Gasteiger partial charge in [0, 0.05) is 17.3 Å². The minimum absolute atomic E-state index is 0.0276. The van der Waals surface area contributed by atoms with Crippen molar-refractivity contribution < 1.29 is 23.4 Å². The van der Waals surface area contributed by atoms with E-state index in [9.17, 15) is 13.6 Å². The summed E-state index contributed by atoms with van der Waals surface area (Å²) in [7, 11) is 0. The van der Waals surface area contributed by atoms with E-state index in [1.807, 2.05) is 0 Å². The molecule has 0 aliphatic heterocycles. The lowest BCUT2D eigenvalue weighted by atomic mass is 10.1. The number of aryl methyl sites for hydroxylation is 1. The van der Waals surface area contributed by atoms with Crippen LogP contribution in [0.4, 0.5) is 8.78 Å². The number of benzene rings is 2. The van der Waals surface area contributed by atoms with Crippen LogP contribution in [0.25, 0.3) is 0 Å². The molecule has 8 heteroatoms. The number of carbonyl (C=O) groups is 1. The molecule has 3 rings (SSSR count). The first-order valence-corrected chi connectivity index (χ1v) is 8.85. The van der Waals surface area contributed by atoms with Crippen LogP contribution in [0.15, 0.2) is 48.5 Å². The van der Waals surface area contributed by atoms with Gasteiger partial charge in [0.2, 0.25) is 0 Å². The molecule has 0 fully saturated rings. The van der Waals surface area contributed by atoms with Crippen LogP contribution >= 0.6 is 11.6 Å². The highest BCUT2D eigenvalue weighted by Crippen LogP contribution is 2.26. The zero-order valence-corrected chi connectivity index (χ0v) is 15.7. The second kappa shape index (κ2) is 8.39. The molecule has 1 heterocycles. The first-order valence-electron chi connectivity index (χ1n) is 8.42. The summed E-state index contributed by atoms with van der Waals surface area (Å²) < 4.78 is 33.6. The number of ether oxygens (including phenoxy) is 1. The number of halogens is 3. The van der Waals surface area contributed by atoms with Crippen molar-refractivity contribution in [3.05, 3.63) is 82.7 Å². The number of nitrogens with zero attached hydrogens (tertiary/aromatic N) is 2. The third-order valence-corrected chi connectivity index (χ3v) is 4.57. The van der Waals surface area contributed by atoms with Gasteiger partial charge in [0.15, 0.2) is 5.69 Å². The molecule has 0 saturated carbocycles. The molecule has 0 aliphatic carbocycles. The van der Waals surface area contributed by atoms with Gasteiger partial charge in [0.05, 0.1) is 11.9 Å². The van der Waals surface area contributed by atoms with Gasteiger partial charge in [-0.15, -0.1) is 11.6 Å². The predicted molar refractivity (Wildman–Crippen MR) is 99.6 cm³/mol. The van der Waals surface area contributed by atoms with Crippen LogP contribution in [-0.4, -0.2) is 20.9 Å².